The maximum atomic E-state index is 4.44. The molecule has 1 aliphatic heterocycles. The van der Waals surface area contributed by atoms with Crippen molar-refractivity contribution in [3.8, 4) is 0 Å². The summed E-state index contributed by atoms with van der Waals surface area (Å²) < 4.78 is 1.11. The number of hydrogen-bond donors (Lipinski definition) is 0. The molecular weight excluding hydrogens is 334 g/mol. The highest BCUT2D eigenvalue weighted by Crippen LogP contribution is 2.27. The smallest absolute Gasteiger partial charge is 0.186 e. The first kappa shape index (κ1) is 14.0. The van der Waals surface area contributed by atoms with Crippen LogP contribution < -0.4 is 4.90 Å². The largest absolute Gasteiger partial charge is 0.345 e. The van der Waals surface area contributed by atoms with Gasteiger partial charge in [-0.15, -0.1) is 0 Å². The molecule has 3 rings (SSSR count). The zero-order chi connectivity index (χ0) is 13.8. The number of rotatable bonds is 4. The molecule has 1 saturated heterocycles. The number of benzene rings is 1. The number of aromatic nitrogens is 1. The van der Waals surface area contributed by atoms with Gasteiger partial charge < -0.3 is 4.90 Å². The number of halogens is 1. The molecule has 0 spiro atoms. The quantitative estimate of drug-likeness (QED) is 0.842. The molecule has 20 heavy (non-hydrogen) atoms. The van der Waals surface area contributed by atoms with Crippen molar-refractivity contribution in [2.24, 2.45) is 0 Å². The summed E-state index contributed by atoms with van der Waals surface area (Å²) in [6.45, 7) is 5.57. The second-order valence-electron chi connectivity index (χ2n) is 5.01. The van der Waals surface area contributed by atoms with Crippen molar-refractivity contribution in [3.63, 3.8) is 0 Å². The lowest BCUT2D eigenvalue weighted by atomic mass is 10.1. The third kappa shape index (κ3) is 3.59. The van der Waals surface area contributed by atoms with Gasteiger partial charge in [-0.1, -0.05) is 41.7 Å². The summed E-state index contributed by atoms with van der Waals surface area (Å²) in [7, 11) is 0. The number of piperazine rings is 1. The van der Waals surface area contributed by atoms with Gasteiger partial charge in [-0.05, 0) is 27.9 Å². The molecule has 0 saturated carbocycles. The molecule has 2 aromatic rings. The molecule has 0 amide bonds. The van der Waals surface area contributed by atoms with Gasteiger partial charge in [-0.2, -0.15) is 0 Å². The SMILES string of the molecule is Brc1cnc(N2CCN(CCc3ccccc3)CC2)s1. The Kier molecular flexibility index (Phi) is 4.70. The van der Waals surface area contributed by atoms with Gasteiger partial charge in [-0.3, -0.25) is 4.90 Å². The van der Waals surface area contributed by atoms with Crippen molar-refractivity contribution in [1.29, 1.82) is 0 Å². The topological polar surface area (TPSA) is 19.4 Å². The van der Waals surface area contributed by atoms with Crippen LogP contribution in [-0.4, -0.2) is 42.6 Å². The molecule has 1 aromatic heterocycles. The summed E-state index contributed by atoms with van der Waals surface area (Å²) in [6.07, 6.45) is 3.03. The van der Waals surface area contributed by atoms with Gasteiger partial charge in [0.05, 0.1) is 9.98 Å². The lowest BCUT2D eigenvalue weighted by Gasteiger charge is -2.34. The van der Waals surface area contributed by atoms with Gasteiger partial charge in [-0.25, -0.2) is 4.98 Å². The minimum absolute atomic E-state index is 1.08. The Morgan fingerprint density at radius 2 is 1.85 bits per heavy atom. The molecule has 3 nitrogen and oxygen atoms in total. The van der Waals surface area contributed by atoms with Crippen LogP contribution in [0.25, 0.3) is 0 Å². The lowest BCUT2D eigenvalue weighted by Crippen LogP contribution is -2.46. The molecule has 0 aliphatic carbocycles. The van der Waals surface area contributed by atoms with Crippen LogP contribution >= 0.6 is 27.3 Å². The predicted octanol–water partition coefficient (Wildman–Crippen LogP) is 3.27. The molecule has 0 bridgehead atoms. The van der Waals surface area contributed by atoms with E-state index in [0.717, 1.165) is 48.1 Å². The van der Waals surface area contributed by atoms with Gasteiger partial charge in [0.15, 0.2) is 5.13 Å². The normalized spacial score (nSPS) is 16.6. The van der Waals surface area contributed by atoms with Crippen LogP contribution in [0.2, 0.25) is 0 Å². The average Bonchev–Trinajstić information content (AvgIpc) is 2.93. The van der Waals surface area contributed by atoms with Crippen molar-refractivity contribution < 1.29 is 0 Å². The van der Waals surface area contributed by atoms with Crippen LogP contribution in [0.4, 0.5) is 5.13 Å². The van der Waals surface area contributed by atoms with Gasteiger partial charge >= 0.3 is 0 Å². The minimum Gasteiger partial charge on any atom is -0.345 e. The maximum Gasteiger partial charge on any atom is 0.186 e. The molecule has 0 atom stereocenters. The van der Waals surface area contributed by atoms with Gasteiger partial charge in [0, 0.05) is 32.7 Å². The highest BCUT2D eigenvalue weighted by atomic mass is 79.9. The fourth-order valence-corrected chi connectivity index (χ4v) is 3.72. The van der Waals surface area contributed by atoms with E-state index in [2.05, 4.69) is 61.0 Å². The number of hydrogen-bond acceptors (Lipinski definition) is 4. The average molecular weight is 352 g/mol. The van der Waals surface area contributed by atoms with Crippen LogP contribution in [0.1, 0.15) is 5.56 Å². The van der Waals surface area contributed by atoms with Crippen molar-refractivity contribution in [2.75, 3.05) is 37.6 Å². The summed E-state index contributed by atoms with van der Waals surface area (Å²) in [5, 5.41) is 1.14. The summed E-state index contributed by atoms with van der Waals surface area (Å²) in [5.41, 5.74) is 1.43. The summed E-state index contributed by atoms with van der Waals surface area (Å²) >= 11 is 5.20. The van der Waals surface area contributed by atoms with Gasteiger partial charge in [0.1, 0.15) is 0 Å². The van der Waals surface area contributed by atoms with Crippen LogP contribution in [0.5, 0.6) is 0 Å². The number of nitrogens with zero attached hydrogens (tertiary/aromatic N) is 3. The molecule has 0 radical (unpaired) electrons. The summed E-state index contributed by atoms with van der Waals surface area (Å²) in [5.74, 6) is 0. The molecule has 1 aromatic carbocycles. The highest BCUT2D eigenvalue weighted by Gasteiger charge is 2.18. The van der Waals surface area contributed by atoms with Crippen molar-refractivity contribution in [3.05, 3.63) is 45.9 Å². The minimum atomic E-state index is 1.08. The van der Waals surface area contributed by atoms with Crippen LogP contribution in [0, 0.1) is 0 Å². The van der Waals surface area contributed by atoms with Gasteiger partial charge in [0.2, 0.25) is 0 Å². The molecule has 106 valence electrons. The Morgan fingerprint density at radius 1 is 1.10 bits per heavy atom. The molecule has 0 N–H and O–H groups in total. The molecule has 1 aliphatic rings. The third-order valence-electron chi connectivity index (χ3n) is 3.67. The van der Waals surface area contributed by atoms with E-state index >= 15 is 0 Å². The van der Waals surface area contributed by atoms with E-state index in [0.29, 0.717) is 0 Å². The lowest BCUT2D eigenvalue weighted by molar-refractivity contribution is 0.261. The van der Waals surface area contributed by atoms with Crippen LogP contribution in [0.15, 0.2) is 40.3 Å². The van der Waals surface area contributed by atoms with E-state index in [1.165, 1.54) is 5.56 Å². The first-order valence-electron chi connectivity index (χ1n) is 6.94. The van der Waals surface area contributed by atoms with E-state index in [1.807, 2.05) is 6.20 Å². The Hall–Kier alpha value is -0.910. The second-order valence-corrected chi connectivity index (χ2v) is 7.40. The van der Waals surface area contributed by atoms with Crippen LogP contribution in [-0.2, 0) is 6.42 Å². The highest BCUT2D eigenvalue weighted by molar-refractivity contribution is 9.11. The predicted molar refractivity (Wildman–Crippen MR) is 88.6 cm³/mol. The number of anilines is 1. The van der Waals surface area contributed by atoms with E-state index in [1.54, 1.807) is 11.3 Å². The standard InChI is InChI=1S/C15H18BrN3S/c16-14-12-17-15(20-14)19-10-8-18(9-11-19)7-6-13-4-2-1-3-5-13/h1-5,12H,6-11H2. The Balaban J connectivity index is 1.47. The zero-order valence-electron chi connectivity index (χ0n) is 11.3. The van der Waals surface area contributed by atoms with Gasteiger partial charge in [0.25, 0.3) is 0 Å². The first-order chi connectivity index (χ1) is 9.81. The van der Waals surface area contributed by atoms with E-state index in [4.69, 9.17) is 0 Å². The molecule has 5 heteroatoms. The zero-order valence-corrected chi connectivity index (χ0v) is 13.7. The van der Waals surface area contributed by atoms with Crippen molar-refractivity contribution in [2.45, 2.75) is 6.42 Å². The third-order valence-corrected chi connectivity index (χ3v) is 5.20. The first-order valence-corrected chi connectivity index (χ1v) is 8.55. The molecule has 1 fully saturated rings. The Bertz CT molecular complexity index is 535. The maximum absolute atomic E-state index is 4.44. The van der Waals surface area contributed by atoms with Crippen molar-refractivity contribution in [1.82, 2.24) is 9.88 Å². The fraction of sp³-hybridized carbons (Fsp3) is 0.400. The molecule has 0 unspecified atom stereocenters. The Morgan fingerprint density at radius 3 is 2.50 bits per heavy atom. The van der Waals surface area contributed by atoms with E-state index in [9.17, 15) is 0 Å². The second kappa shape index (κ2) is 6.70. The summed E-state index contributed by atoms with van der Waals surface area (Å²) in [4.78, 5) is 9.37. The molecule has 2 heterocycles. The van der Waals surface area contributed by atoms with E-state index < -0.39 is 0 Å². The summed E-state index contributed by atoms with van der Waals surface area (Å²) in [6, 6.07) is 10.7. The fourth-order valence-electron chi connectivity index (χ4n) is 2.49. The van der Waals surface area contributed by atoms with Crippen LogP contribution in [0.3, 0.4) is 0 Å². The van der Waals surface area contributed by atoms with Crippen molar-refractivity contribution >= 4 is 32.4 Å². The Labute approximate surface area is 132 Å². The number of thiazole rings is 1. The monoisotopic (exact) mass is 351 g/mol. The van der Waals surface area contributed by atoms with E-state index in [-0.39, 0.29) is 0 Å². The molecular formula is C15H18BrN3S.